The lowest BCUT2D eigenvalue weighted by atomic mass is 10.0. The molecule has 2 aromatic rings. The van der Waals surface area contributed by atoms with Crippen molar-refractivity contribution in [2.24, 2.45) is 0 Å². The molecule has 1 aromatic carbocycles. The number of thiophene rings is 1. The summed E-state index contributed by atoms with van der Waals surface area (Å²) in [7, 11) is 1.71. The van der Waals surface area contributed by atoms with Gasteiger partial charge in [0.1, 0.15) is 5.75 Å². The molecule has 0 aliphatic carbocycles. The molecule has 1 unspecified atom stereocenters. The summed E-state index contributed by atoms with van der Waals surface area (Å²) in [4.78, 5) is 0. The molecule has 7 heteroatoms. The van der Waals surface area contributed by atoms with Crippen LogP contribution in [0.15, 0.2) is 35.7 Å². The van der Waals surface area contributed by atoms with Gasteiger partial charge in [0, 0.05) is 5.56 Å². The standard InChI is InChI=1S/C13H11F3INOS/c1-18-12(8-6-11(17)20-7-8)9-4-2-3-5-10(9)19-13(14,15)16/h2-7,12,18H,1H3. The molecule has 0 spiro atoms. The summed E-state index contributed by atoms with van der Waals surface area (Å²) in [6.07, 6.45) is -4.70. The Hall–Kier alpha value is -0.800. The van der Waals surface area contributed by atoms with E-state index in [1.807, 2.05) is 11.4 Å². The van der Waals surface area contributed by atoms with E-state index in [1.165, 1.54) is 12.1 Å². The van der Waals surface area contributed by atoms with E-state index >= 15 is 0 Å². The highest BCUT2D eigenvalue weighted by atomic mass is 127. The fourth-order valence-electron chi connectivity index (χ4n) is 1.91. The minimum absolute atomic E-state index is 0.180. The van der Waals surface area contributed by atoms with Crippen LogP contribution >= 0.6 is 33.9 Å². The van der Waals surface area contributed by atoms with E-state index in [0.717, 1.165) is 8.45 Å². The van der Waals surface area contributed by atoms with Gasteiger partial charge in [-0.3, -0.25) is 0 Å². The maximum Gasteiger partial charge on any atom is 0.573 e. The summed E-state index contributed by atoms with van der Waals surface area (Å²) < 4.78 is 42.5. The van der Waals surface area contributed by atoms with E-state index in [4.69, 9.17) is 0 Å². The van der Waals surface area contributed by atoms with Crippen LogP contribution in [0.25, 0.3) is 0 Å². The molecule has 0 radical (unpaired) electrons. The van der Waals surface area contributed by atoms with Gasteiger partial charge in [0.2, 0.25) is 0 Å². The lowest BCUT2D eigenvalue weighted by Gasteiger charge is -2.20. The molecule has 0 fully saturated rings. The lowest BCUT2D eigenvalue weighted by Crippen LogP contribution is -2.22. The number of nitrogens with one attached hydrogen (secondary N) is 1. The molecule has 2 rings (SSSR count). The number of alkyl halides is 3. The SMILES string of the molecule is CNC(c1csc(I)c1)c1ccccc1OC(F)(F)F. The number of hydrogen-bond donors (Lipinski definition) is 1. The van der Waals surface area contributed by atoms with Gasteiger partial charge >= 0.3 is 6.36 Å². The van der Waals surface area contributed by atoms with Gasteiger partial charge < -0.3 is 10.1 Å². The molecule has 0 saturated heterocycles. The first-order chi connectivity index (χ1) is 9.40. The predicted octanol–water partition coefficient (Wildman–Crippen LogP) is 4.56. The summed E-state index contributed by atoms with van der Waals surface area (Å²) in [5, 5.41) is 4.95. The number of para-hydroxylation sites is 1. The quantitative estimate of drug-likeness (QED) is 0.743. The highest BCUT2D eigenvalue weighted by molar-refractivity contribution is 14.1. The second-order valence-corrected chi connectivity index (χ2v) is 6.80. The van der Waals surface area contributed by atoms with Crippen LogP contribution in [0.5, 0.6) is 5.75 Å². The molecule has 0 saturated carbocycles. The van der Waals surface area contributed by atoms with Crippen LogP contribution in [0.2, 0.25) is 0 Å². The molecule has 1 heterocycles. The van der Waals surface area contributed by atoms with Crippen molar-refractivity contribution in [1.82, 2.24) is 5.32 Å². The van der Waals surface area contributed by atoms with E-state index in [0.29, 0.717) is 5.56 Å². The Morgan fingerprint density at radius 2 is 2.00 bits per heavy atom. The second kappa shape index (κ2) is 6.31. The fourth-order valence-corrected chi connectivity index (χ4v) is 3.31. The molecule has 2 nitrogen and oxygen atoms in total. The summed E-state index contributed by atoms with van der Waals surface area (Å²) >= 11 is 3.73. The largest absolute Gasteiger partial charge is 0.573 e. The van der Waals surface area contributed by atoms with Crippen molar-refractivity contribution in [3.05, 3.63) is 49.7 Å². The van der Waals surface area contributed by atoms with Crippen LogP contribution in [-0.4, -0.2) is 13.4 Å². The molecule has 1 N–H and O–H groups in total. The average molecular weight is 413 g/mol. The van der Waals surface area contributed by atoms with Gasteiger partial charge in [0.25, 0.3) is 0 Å². The highest BCUT2D eigenvalue weighted by Gasteiger charge is 2.33. The fraction of sp³-hybridized carbons (Fsp3) is 0.231. The van der Waals surface area contributed by atoms with Crippen LogP contribution in [-0.2, 0) is 0 Å². The van der Waals surface area contributed by atoms with E-state index in [-0.39, 0.29) is 11.8 Å². The summed E-state index contributed by atoms with van der Waals surface area (Å²) in [6, 6.07) is 7.77. The van der Waals surface area contributed by atoms with Gasteiger partial charge in [0.05, 0.1) is 8.93 Å². The van der Waals surface area contributed by atoms with Crippen LogP contribution in [0.4, 0.5) is 13.2 Å². The van der Waals surface area contributed by atoms with E-state index < -0.39 is 6.36 Å². The molecule has 1 atom stereocenters. The van der Waals surface area contributed by atoms with Crippen LogP contribution < -0.4 is 10.1 Å². The third kappa shape index (κ3) is 3.86. The first kappa shape index (κ1) is 15.6. The van der Waals surface area contributed by atoms with Gasteiger partial charge in [-0.1, -0.05) is 18.2 Å². The molecule has 0 aliphatic rings. The number of halogens is 4. The van der Waals surface area contributed by atoms with Crippen molar-refractivity contribution in [1.29, 1.82) is 0 Å². The Bertz CT molecular complexity index is 585. The van der Waals surface area contributed by atoms with Crippen molar-refractivity contribution in [3.63, 3.8) is 0 Å². The van der Waals surface area contributed by atoms with E-state index in [1.54, 1.807) is 30.5 Å². The molecule has 1 aromatic heterocycles. The van der Waals surface area contributed by atoms with Crippen molar-refractivity contribution < 1.29 is 17.9 Å². The van der Waals surface area contributed by atoms with Crippen LogP contribution in [0.1, 0.15) is 17.2 Å². The maximum absolute atomic E-state index is 12.5. The Morgan fingerprint density at radius 1 is 1.30 bits per heavy atom. The lowest BCUT2D eigenvalue weighted by molar-refractivity contribution is -0.275. The van der Waals surface area contributed by atoms with Crippen molar-refractivity contribution in [2.75, 3.05) is 7.05 Å². The highest BCUT2D eigenvalue weighted by Crippen LogP contribution is 2.34. The zero-order valence-electron chi connectivity index (χ0n) is 10.4. The number of hydrogen-bond acceptors (Lipinski definition) is 3. The third-order valence-electron chi connectivity index (χ3n) is 2.67. The van der Waals surface area contributed by atoms with Gasteiger partial charge in [-0.15, -0.1) is 24.5 Å². The molecular formula is C13H11F3INOS. The number of benzene rings is 1. The molecule has 0 bridgehead atoms. The Labute approximate surface area is 132 Å². The summed E-state index contributed by atoms with van der Waals surface area (Å²) in [5.74, 6) is -0.180. The third-order valence-corrected chi connectivity index (χ3v) is 4.47. The van der Waals surface area contributed by atoms with E-state index in [9.17, 15) is 13.2 Å². The smallest absolute Gasteiger partial charge is 0.405 e. The Kier molecular flexibility index (Phi) is 4.92. The number of ether oxygens (including phenoxy) is 1. The van der Waals surface area contributed by atoms with Crippen molar-refractivity contribution in [3.8, 4) is 5.75 Å². The van der Waals surface area contributed by atoms with Crippen molar-refractivity contribution >= 4 is 33.9 Å². The second-order valence-electron chi connectivity index (χ2n) is 3.99. The first-order valence-electron chi connectivity index (χ1n) is 5.66. The van der Waals surface area contributed by atoms with Gasteiger partial charge in [-0.25, -0.2) is 0 Å². The van der Waals surface area contributed by atoms with Crippen LogP contribution in [0.3, 0.4) is 0 Å². The monoisotopic (exact) mass is 413 g/mol. The zero-order valence-corrected chi connectivity index (χ0v) is 13.3. The first-order valence-corrected chi connectivity index (χ1v) is 7.62. The number of rotatable bonds is 4. The van der Waals surface area contributed by atoms with E-state index in [2.05, 4.69) is 32.6 Å². The minimum atomic E-state index is -4.70. The van der Waals surface area contributed by atoms with Gasteiger partial charge in [0.15, 0.2) is 0 Å². The maximum atomic E-state index is 12.5. The normalized spacial score (nSPS) is 13.2. The Balaban J connectivity index is 2.39. The van der Waals surface area contributed by atoms with Crippen LogP contribution in [0, 0.1) is 2.88 Å². The Morgan fingerprint density at radius 3 is 2.55 bits per heavy atom. The molecule has 20 heavy (non-hydrogen) atoms. The van der Waals surface area contributed by atoms with Crippen molar-refractivity contribution in [2.45, 2.75) is 12.4 Å². The minimum Gasteiger partial charge on any atom is -0.405 e. The molecule has 108 valence electrons. The molecular weight excluding hydrogens is 402 g/mol. The van der Waals surface area contributed by atoms with Gasteiger partial charge in [-0.05, 0) is 52.7 Å². The van der Waals surface area contributed by atoms with Gasteiger partial charge in [-0.2, -0.15) is 0 Å². The zero-order chi connectivity index (χ0) is 14.8. The average Bonchev–Trinajstić information content (AvgIpc) is 2.77. The molecule has 0 aliphatic heterocycles. The summed E-state index contributed by atoms with van der Waals surface area (Å²) in [6.45, 7) is 0. The summed E-state index contributed by atoms with van der Waals surface area (Å²) in [5.41, 5.74) is 1.38. The predicted molar refractivity (Wildman–Crippen MR) is 81.1 cm³/mol. The topological polar surface area (TPSA) is 21.3 Å². The molecule has 0 amide bonds.